The van der Waals surface area contributed by atoms with E-state index in [2.05, 4.69) is 5.32 Å². The molecule has 1 N–H and O–H groups in total. The minimum atomic E-state index is -0.393. The van der Waals surface area contributed by atoms with Crippen molar-refractivity contribution in [2.24, 2.45) is 0 Å². The Labute approximate surface area is 181 Å². The fraction of sp³-hybridized carbons (Fsp3) is 0.333. The molecule has 31 heavy (non-hydrogen) atoms. The molecule has 0 unspecified atom stereocenters. The number of benzene rings is 2. The minimum Gasteiger partial charge on any atom is -0.497 e. The lowest BCUT2D eigenvalue weighted by molar-refractivity contribution is 0.0727. The van der Waals surface area contributed by atoms with Crippen molar-refractivity contribution >= 4 is 28.5 Å². The van der Waals surface area contributed by atoms with Crippen LogP contribution in [0.4, 0.5) is 5.69 Å². The van der Waals surface area contributed by atoms with E-state index in [1.165, 1.54) is 14.2 Å². The molecule has 0 fully saturated rings. The molecule has 0 spiro atoms. The van der Waals surface area contributed by atoms with E-state index in [9.17, 15) is 9.59 Å². The molecule has 0 bridgehead atoms. The molecule has 0 aliphatic carbocycles. The van der Waals surface area contributed by atoms with Gasteiger partial charge in [0.05, 0.1) is 14.2 Å². The van der Waals surface area contributed by atoms with Crippen molar-refractivity contribution in [2.45, 2.75) is 26.7 Å². The van der Waals surface area contributed by atoms with Gasteiger partial charge < -0.3 is 24.1 Å². The summed E-state index contributed by atoms with van der Waals surface area (Å²) in [7, 11) is 3.04. The maximum atomic E-state index is 13.3. The highest BCUT2D eigenvalue weighted by Gasteiger charge is 2.26. The second-order valence-corrected chi connectivity index (χ2v) is 7.15. The van der Waals surface area contributed by atoms with E-state index in [-0.39, 0.29) is 11.7 Å². The number of carbonyl (C=O) groups is 2. The third kappa shape index (κ3) is 4.82. The molecule has 0 radical (unpaired) electrons. The zero-order valence-corrected chi connectivity index (χ0v) is 18.4. The normalized spacial score (nSPS) is 10.7. The molecule has 7 heteroatoms. The summed E-state index contributed by atoms with van der Waals surface area (Å²) in [6, 6.07) is 12.2. The molecule has 0 aliphatic rings. The van der Waals surface area contributed by atoms with Crippen molar-refractivity contribution in [1.29, 1.82) is 0 Å². The van der Waals surface area contributed by atoms with E-state index in [1.807, 2.05) is 32.0 Å². The fourth-order valence-corrected chi connectivity index (χ4v) is 3.44. The Balaban J connectivity index is 2.02. The molecule has 2 amide bonds. The van der Waals surface area contributed by atoms with Crippen molar-refractivity contribution in [2.75, 3.05) is 32.6 Å². The van der Waals surface area contributed by atoms with Gasteiger partial charge in [-0.1, -0.05) is 26.0 Å². The molecular formula is C24H28N2O5. The predicted octanol–water partition coefficient (Wildman–Crippen LogP) is 4.96. The number of hydrogen-bond acceptors (Lipinski definition) is 5. The first kappa shape index (κ1) is 22.2. The van der Waals surface area contributed by atoms with Crippen LogP contribution in [0.25, 0.3) is 11.0 Å². The van der Waals surface area contributed by atoms with Gasteiger partial charge in [0.25, 0.3) is 11.8 Å². The summed E-state index contributed by atoms with van der Waals surface area (Å²) in [5.41, 5.74) is 1.25. The fourth-order valence-electron chi connectivity index (χ4n) is 3.44. The molecule has 0 saturated heterocycles. The number of nitrogens with zero attached hydrogens (tertiary/aromatic N) is 1. The molecule has 0 aliphatic heterocycles. The summed E-state index contributed by atoms with van der Waals surface area (Å²) >= 11 is 0. The topological polar surface area (TPSA) is 81.0 Å². The molecule has 1 heterocycles. The number of amides is 2. The van der Waals surface area contributed by atoms with Crippen molar-refractivity contribution in [1.82, 2.24) is 4.90 Å². The molecule has 0 saturated carbocycles. The Morgan fingerprint density at radius 1 is 0.968 bits per heavy atom. The van der Waals surface area contributed by atoms with Crippen LogP contribution in [0.5, 0.6) is 11.5 Å². The standard InChI is InChI=1S/C24H28N2O5/c1-5-11-26(12-6-2)24(28)22-21(19-9-7-8-10-20(19)31-22)25-23(27)16-13-17(29-3)15-18(14-16)30-4/h7-10,13-15H,5-6,11-12H2,1-4H3,(H,25,27). The van der Waals surface area contributed by atoms with Gasteiger partial charge in [0.15, 0.2) is 0 Å². The SMILES string of the molecule is CCCN(CCC)C(=O)c1oc2ccccc2c1NC(=O)c1cc(OC)cc(OC)c1. The zero-order valence-electron chi connectivity index (χ0n) is 18.4. The first-order valence-corrected chi connectivity index (χ1v) is 10.4. The second-order valence-electron chi connectivity index (χ2n) is 7.15. The number of para-hydroxylation sites is 1. The molecule has 2 aromatic carbocycles. The van der Waals surface area contributed by atoms with Gasteiger partial charge in [-0.15, -0.1) is 0 Å². The van der Waals surface area contributed by atoms with Gasteiger partial charge in [-0.3, -0.25) is 9.59 Å². The molecular weight excluding hydrogens is 396 g/mol. The lowest BCUT2D eigenvalue weighted by Crippen LogP contribution is -2.32. The Kier molecular flexibility index (Phi) is 7.18. The zero-order chi connectivity index (χ0) is 22.4. The van der Waals surface area contributed by atoms with E-state index in [4.69, 9.17) is 13.9 Å². The average Bonchev–Trinajstić information content (AvgIpc) is 3.16. The van der Waals surface area contributed by atoms with Gasteiger partial charge in [-0.2, -0.15) is 0 Å². The maximum absolute atomic E-state index is 13.3. The van der Waals surface area contributed by atoms with E-state index < -0.39 is 5.91 Å². The molecule has 3 rings (SSSR count). The Bertz CT molecular complexity index is 1040. The van der Waals surface area contributed by atoms with Crippen molar-refractivity contribution in [3.63, 3.8) is 0 Å². The quantitative estimate of drug-likeness (QED) is 0.525. The monoisotopic (exact) mass is 424 g/mol. The van der Waals surface area contributed by atoms with Crippen LogP contribution in [0.1, 0.15) is 47.6 Å². The number of rotatable bonds is 9. The molecule has 0 atom stereocenters. The Morgan fingerprint density at radius 2 is 1.58 bits per heavy atom. The van der Waals surface area contributed by atoms with E-state index in [0.29, 0.717) is 46.8 Å². The number of fused-ring (bicyclic) bond motifs is 1. The summed E-state index contributed by atoms with van der Waals surface area (Å²) in [6.45, 7) is 5.27. The van der Waals surface area contributed by atoms with Crippen molar-refractivity contribution in [3.05, 3.63) is 53.8 Å². The third-order valence-corrected chi connectivity index (χ3v) is 4.92. The van der Waals surface area contributed by atoms with Crippen molar-refractivity contribution in [3.8, 4) is 11.5 Å². The minimum absolute atomic E-state index is 0.131. The number of furan rings is 1. The van der Waals surface area contributed by atoms with Gasteiger partial charge in [0.1, 0.15) is 22.8 Å². The Hall–Kier alpha value is -3.48. The number of ether oxygens (including phenoxy) is 2. The first-order valence-electron chi connectivity index (χ1n) is 10.4. The van der Waals surface area contributed by atoms with Gasteiger partial charge in [0, 0.05) is 30.1 Å². The van der Waals surface area contributed by atoms with Crippen LogP contribution < -0.4 is 14.8 Å². The summed E-state index contributed by atoms with van der Waals surface area (Å²) < 4.78 is 16.4. The number of hydrogen-bond donors (Lipinski definition) is 1. The van der Waals surface area contributed by atoms with Gasteiger partial charge in [-0.25, -0.2) is 0 Å². The molecule has 1 aromatic heterocycles. The number of carbonyl (C=O) groups excluding carboxylic acids is 2. The van der Waals surface area contributed by atoms with Crippen LogP contribution in [-0.4, -0.2) is 44.0 Å². The van der Waals surface area contributed by atoms with Crippen molar-refractivity contribution < 1.29 is 23.5 Å². The van der Waals surface area contributed by atoms with Crippen LogP contribution in [0.3, 0.4) is 0 Å². The summed E-state index contributed by atoms with van der Waals surface area (Å²) in [6.07, 6.45) is 1.66. The van der Waals surface area contributed by atoms with Gasteiger partial charge in [0.2, 0.25) is 5.76 Å². The lowest BCUT2D eigenvalue weighted by Gasteiger charge is -2.20. The summed E-state index contributed by atoms with van der Waals surface area (Å²) in [4.78, 5) is 28.1. The smallest absolute Gasteiger partial charge is 0.291 e. The Morgan fingerprint density at radius 3 is 2.16 bits per heavy atom. The van der Waals surface area contributed by atoms with Crippen LogP contribution in [0, 0.1) is 0 Å². The predicted molar refractivity (Wildman–Crippen MR) is 120 cm³/mol. The highest BCUT2D eigenvalue weighted by molar-refractivity contribution is 6.14. The molecule has 7 nitrogen and oxygen atoms in total. The summed E-state index contributed by atoms with van der Waals surface area (Å²) in [5, 5.41) is 3.55. The largest absolute Gasteiger partial charge is 0.497 e. The van der Waals surface area contributed by atoms with Gasteiger partial charge in [-0.05, 0) is 37.1 Å². The highest BCUT2D eigenvalue weighted by Crippen LogP contribution is 2.33. The van der Waals surface area contributed by atoms with Crippen LogP contribution >= 0.6 is 0 Å². The van der Waals surface area contributed by atoms with E-state index >= 15 is 0 Å². The van der Waals surface area contributed by atoms with Gasteiger partial charge >= 0.3 is 0 Å². The van der Waals surface area contributed by atoms with Crippen LogP contribution in [0.15, 0.2) is 46.9 Å². The summed E-state index contributed by atoms with van der Waals surface area (Å²) in [5.74, 6) is 0.491. The van der Waals surface area contributed by atoms with E-state index in [0.717, 1.165) is 12.8 Å². The number of methoxy groups -OCH3 is 2. The maximum Gasteiger partial charge on any atom is 0.291 e. The van der Waals surface area contributed by atoms with E-state index in [1.54, 1.807) is 29.2 Å². The molecule has 3 aromatic rings. The van der Waals surface area contributed by atoms with Crippen LogP contribution in [-0.2, 0) is 0 Å². The number of anilines is 1. The lowest BCUT2D eigenvalue weighted by atomic mass is 10.1. The molecule has 164 valence electrons. The first-order chi connectivity index (χ1) is 15.0. The third-order valence-electron chi connectivity index (χ3n) is 4.92. The highest BCUT2D eigenvalue weighted by atomic mass is 16.5. The average molecular weight is 424 g/mol. The number of nitrogens with one attached hydrogen (secondary N) is 1. The second kappa shape index (κ2) is 10.0. The van der Waals surface area contributed by atoms with Crippen LogP contribution in [0.2, 0.25) is 0 Å².